The highest BCUT2D eigenvalue weighted by Crippen LogP contribution is 2.22. The zero-order valence-electron chi connectivity index (χ0n) is 8.56. The molecule has 1 saturated heterocycles. The van der Waals surface area contributed by atoms with Gasteiger partial charge in [0.05, 0.1) is 18.0 Å². The van der Waals surface area contributed by atoms with Crippen LogP contribution in [0.3, 0.4) is 0 Å². The summed E-state index contributed by atoms with van der Waals surface area (Å²) in [7, 11) is 0. The lowest BCUT2D eigenvalue weighted by Crippen LogP contribution is -2.33. The lowest BCUT2D eigenvalue weighted by molar-refractivity contribution is 0.487. The van der Waals surface area contributed by atoms with Crippen molar-refractivity contribution in [1.29, 1.82) is 5.26 Å². The second-order valence-electron chi connectivity index (χ2n) is 3.83. The number of hydrogen-bond acceptors (Lipinski definition) is 4. The number of nitrogens with zero attached hydrogens (tertiary/aromatic N) is 3. The summed E-state index contributed by atoms with van der Waals surface area (Å²) in [5.41, 5.74) is 6.62. The smallest absolute Gasteiger partial charge is 0.123 e. The number of nitriles is 1. The van der Waals surface area contributed by atoms with Crippen molar-refractivity contribution in [2.75, 3.05) is 23.7 Å². The Balaban J connectivity index is 2.02. The highest BCUT2D eigenvalue weighted by Gasteiger charge is 2.18. The lowest BCUT2D eigenvalue weighted by Gasteiger charge is -2.30. The van der Waals surface area contributed by atoms with Gasteiger partial charge in [0, 0.05) is 19.0 Å². The third-order valence-corrected chi connectivity index (χ3v) is 2.81. The number of piperidine rings is 1. The number of nitrogen functional groups attached to an aromatic ring is 1. The van der Waals surface area contributed by atoms with Crippen molar-refractivity contribution in [3.63, 3.8) is 0 Å². The molecule has 0 aromatic carbocycles. The molecule has 0 aliphatic carbocycles. The van der Waals surface area contributed by atoms with Gasteiger partial charge in [0.25, 0.3) is 0 Å². The van der Waals surface area contributed by atoms with Crippen LogP contribution >= 0.6 is 0 Å². The molecule has 78 valence electrons. The second-order valence-corrected chi connectivity index (χ2v) is 3.83. The van der Waals surface area contributed by atoms with Gasteiger partial charge >= 0.3 is 0 Å². The standard InChI is InChI=1S/C11H14N4/c12-7-9-3-5-15(6-4-9)10-1-2-11(13)14-8-10/h1-2,8-9H,3-6H2,(H2,13,14). The average molecular weight is 202 g/mol. The van der Waals surface area contributed by atoms with Crippen molar-refractivity contribution in [2.24, 2.45) is 5.92 Å². The largest absolute Gasteiger partial charge is 0.384 e. The maximum atomic E-state index is 8.79. The van der Waals surface area contributed by atoms with Crippen molar-refractivity contribution in [3.05, 3.63) is 18.3 Å². The van der Waals surface area contributed by atoms with Gasteiger partial charge in [0.1, 0.15) is 5.82 Å². The number of anilines is 2. The molecule has 0 amide bonds. The predicted molar refractivity (Wildman–Crippen MR) is 59.2 cm³/mol. The summed E-state index contributed by atoms with van der Waals surface area (Å²) in [4.78, 5) is 6.31. The average Bonchev–Trinajstić information content (AvgIpc) is 2.30. The molecule has 1 aromatic heterocycles. The van der Waals surface area contributed by atoms with E-state index in [0.717, 1.165) is 31.6 Å². The van der Waals surface area contributed by atoms with Crippen LogP contribution in [0.25, 0.3) is 0 Å². The summed E-state index contributed by atoms with van der Waals surface area (Å²) in [5, 5.41) is 8.79. The van der Waals surface area contributed by atoms with Crippen LogP contribution < -0.4 is 10.6 Å². The van der Waals surface area contributed by atoms with Crippen LogP contribution in [0.4, 0.5) is 11.5 Å². The van der Waals surface area contributed by atoms with Crippen molar-refractivity contribution in [2.45, 2.75) is 12.8 Å². The number of hydrogen-bond donors (Lipinski definition) is 1. The van der Waals surface area contributed by atoms with E-state index < -0.39 is 0 Å². The molecule has 0 radical (unpaired) electrons. The Labute approximate surface area is 89.3 Å². The molecular weight excluding hydrogens is 188 g/mol. The predicted octanol–water partition coefficient (Wildman–Crippen LogP) is 1.40. The van der Waals surface area contributed by atoms with Crippen molar-refractivity contribution >= 4 is 11.5 Å². The normalized spacial score (nSPS) is 17.4. The van der Waals surface area contributed by atoms with Crippen LogP contribution in [0.5, 0.6) is 0 Å². The van der Waals surface area contributed by atoms with Crippen LogP contribution in [-0.2, 0) is 0 Å². The summed E-state index contributed by atoms with van der Waals surface area (Å²) in [6, 6.07) is 6.12. The highest BCUT2D eigenvalue weighted by atomic mass is 15.1. The summed E-state index contributed by atoms with van der Waals surface area (Å²) >= 11 is 0. The van der Waals surface area contributed by atoms with E-state index in [-0.39, 0.29) is 5.92 Å². The van der Waals surface area contributed by atoms with Crippen molar-refractivity contribution in [1.82, 2.24) is 4.98 Å². The Hall–Kier alpha value is -1.76. The SMILES string of the molecule is N#CC1CCN(c2ccc(N)nc2)CC1. The van der Waals surface area contributed by atoms with Gasteiger partial charge in [-0.15, -0.1) is 0 Å². The van der Waals surface area contributed by atoms with Gasteiger partial charge in [0.2, 0.25) is 0 Å². The molecule has 2 N–H and O–H groups in total. The van der Waals surface area contributed by atoms with Crippen LogP contribution in [0.15, 0.2) is 18.3 Å². The molecule has 2 rings (SSSR count). The number of pyridine rings is 1. The molecule has 0 spiro atoms. The van der Waals surface area contributed by atoms with Gasteiger partial charge < -0.3 is 10.6 Å². The van der Waals surface area contributed by atoms with Gasteiger partial charge in [-0.25, -0.2) is 4.98 Å². The number of aromatic nitrogens is 1. The highest BCUT2D eigenvalue weighted by molar-refractivity contribution is 5.48. The molecule has 0 atom stereocenters. The monoisotopic (exact) mass is 202 g/mol. The topological polar surface area (TPSA) is 65.9 Å². The molecule has 1 aliphatic heterocycles. The fourth-order valence-corrected chi connectivity index (χ4v) is 1.85. The zero-order valence-corrected chi connectivity index (χ0v) is 8.56. The van der Waals surface area contributed by atoms with Crippen LogP contribution in [-0.4, -0.2) is 18.1 Å². The van der Waals surface area contributed by atoms with E-state index in [1.54, 1.807) is 6.20 Å². The van der Waals surface area contributed by atoms with Crippen LogP contribution in [0.1, 0.15) is 12.8 Å². The van der Waals surface area contributed by atoms with E-state index in [1.165, 1.54) is 0 Å². The number of nitrogens with two attached hydrogens (primary N) is 1. The molecule has 15 heavy (non-hydrogen) atoms. The van der Waals surface area contributed by atoms with Crippen LogP contribution in [0.2, 0.25) is 0 Å². The molecule has 1 aromatic rings. The fraction of sp³-hybridized carbons (Fsp3) is 0.455. The third kappa shape index (κ3) is 2.18. The fourth-order valence-electron chi connectivity index (χ4n) is 1.85. The van der Waals surface area contributed by atoms with Gasteiger partial charge in [-0.3, -0.25) is 0 Å². The van der Waals surface area contributed by atoms with E-state index in [1.807, 2.05) is 12.1 Å². The van der Waals surface area contributed by atoms with E-state index in [2.05, 4.69) is 16.0 Å². The first kappa shape index (κ1) is 9.78. The minimum Gasteiger partial charge on any atom is -0.384 e. The lowest BCUT2D eigenvalue weighted by atomic mass is 9.98. The summed E-state index contributed by atoms with van der Waals surface area (Å²) < 4.78 is 0. The minimum atomic E-state index is 0.225. The zero-order chi connectivity index (χ0) is 10.7. The second kappa shape index (κ2) is 4.18. The van der Waals surface area contributed by atoms with Crippen molar-refractivity contribution < 1.29 is 0 Å². The molecule has 4 heteroatoms. The Morgan fingerprint density at radius 2 is 2.13 bits per heavy atom. The van der Waals surface area contributed by atoms with E-state index in [4.69, 9.17) is 11.0 Å². The van der Waals surface area contributed by atoms with Crippen molar-refractivity contribution in [3.8, 4) is 6.07 Å². The first-order chi connectivity index (χ1) is 7.29. The molecule has 1 fully saturated rings. The summed E-state index contributed by atoms with van der Waals surface area (Å²) in [5.74, 6) is 0.772. The molecule has 0 bridgehead atoms. The first-order valence-electron chi connectivity index (χ1n) is 5.15. The Morgan fingerprint density at radius 3 is 2.67 bits per heavy atom. The van der Waals surface area contributed by atoms with Gasteiger partial charge in [-0.2, -0.15) is 5.26 Å². The Bertz CT molecular complexity index is 357. The molecule has 1 aliphatic rings. The first-order valence-corrected chi connectivity index (χ1v) is 5.15. The molecule has 0 unspecified atom stereocenters. The minimum absolute atomic E-state index is 0.225. The van der Waals surface area contributed by atoms with Gasteiger partial charge in [0.15, 0.2) is 0 Å². The molecule has 0 saturated carbocycles. The quantitative estimate of drug-likeness (QED) is 0.747. The van der Waals surface area contributed by atoms with E-state index in [0.29, 0.717) is 5.82 Å². The maximum Gasteiger partial charge on any atom is 0.123 e. The van der Waals surface area contributed by atoms with Gasteiger partial charge in [-0.05, 0) is 25.0 Å². The summed E-state index contributed by atoms with van der Waals surface area (Å²) in [6.45, 7) is 1.87. The number of rotatable bonds is 1. The van der Waals surface area contributed by atoms with E-state index in [9.17, 15) is 0 Å². The Kier molecular flexibility index (Phi) is 2.72. The molecule has 2 heterocycles. The van der Waals surface area contributed by atoms with Crippen LogP contribution in [0, 0.1) is 17.2 Å². The molecular formula is C11H14N4. The summed E-state index contributed by atoms with van der Waals surface area (Å²) in [6.07, 6.45) is 3.68. The third-order valence-electron chi connectivity index (χ3n) is 2.81. The van der Waals surface area contributed by atoms with Gasteiger partial charge in [-0.1, -0.05) is 0 Å². The van der Waals surface area contributed by atoms with E-state index >= 15 is 0 Å². The maximum absolute atomic E-state index is 8.79. The molecule has 4 nitrogen and oxygen atoms in total. The Morgan fingerprint density at radius 1 is 1.40 bits per heavy atom.